The Labute approximate surface area is 97.6 Å². The first-order valence-corrected chi connectivity index (χ1v) is 5.72. The second kappa shape index (κ2) is 9.57. The van der Waals surface area contributed by atoms with E-state index in [0.717, 1.165) is 19.3 Å². The maximum Gasteiger partial charge on any atom is 0.222 e. The van der Waals surface area contributed by atoms with Crippen molar-refractivity contribution < 1.29 is 14.6 Å². The van der Waals surface area contributed by atoms with Gasteiger partial charge in [0.25, 0.3) is 0 Å². The lowest BCUT2D eigenvalue weighted by Crippen LogP contribution is -2.36. The van der Waals surface area contributed by atoms with Gasteiger partial charge in [-0.05, 0) is 19.4 Å². The highest BCUT2D eigenvalue weighted by Crippen LogP contribution is 2.02. The number of amides is 1. The van der Waals surface area contributed by atoms with Crippen LogP contribution in [0.1, 0.15) is 25.7 Å². The molecule has 0 aliphatic carbocycles. The van der Waals surface area contributed by atoms with Gasteiger partial charge in [-0.3, -0.25) is 4.79 Å². The quantitative estimate of drug-likeness (QED) is 0.547. The minimum atomic E-state index is -0.608. The van der Waals surface area contributed by atoms with Gasteiger partial charge in [-0.2, -0.15) is 0 Å². The Morgan fingerprint density at radius 2 is 2.12 bits per heavy atom. The predicted molar refractivity (Wildman–Crippen MR) is 63.0 cm³/mol. The Morgan fingerprint density at radius 3 is 2.69 bits per heavy atom. The summed E-state index contributed by atoms with van der Waals surface area (Å²) in [5, 5.41) is 9.44. The van der Waals surface area contributed by atoms with Gasteiger partial charge in [0, 0.05) is 27.1 Å². The van der Waals surface area contributed by atoms with E-state index in [1.807, 2.05) is 0 Å². The molecule has 0 aliphatic heterocycles. The molecule has 0 aliphatic rings. The molecule has 0 aromatic rings. The summed E-state index contributed by atoms with van der Waals surface area (Å²) >= 11 is 0. The van der Waals surface area contributed by atoms with Crippen LogP contribution in [0.3, 0.4) is 0 Å². The van der Waals surface area contributed by atoms with Crippen LogP contribution in [-0.4, -0.2) is 55.9 Å². The van der Waals surface area contributed by atoms with Gasteiger partial charge in [-0.15, -0.1) is 0 Å². The average molecular weight is 232 g/mol. The zero-order valence-corrected chi connectivity index (χ0v) is 10.3. The first-order chi connectivity index (χ1) is 7.61. The summed E-state index contributed by atoms with van der Waals surface area (Å²) in [5.74, 6) is 0.0622. The number of nitrogens with two attached hydrogens (primary N) is 1. The molecule has 1 unspecified atom stereocenters. The van der Waals surface area contributed by atoms with E-state index in [2.05, 4.69) is 0 Å². The van der Waals surface area contributed by atoms with Crippen LogP contribution in [0, 0.1) is 0 Å². The summed E-state index contributed by atoms with van der Waals surface area (Å²) in [6.45, 7) is 1.25. The standard InChI is InChI=1S/C11H24N2O3/c1-13(8-10(14)9-16-2)11(15)6-4-3-5-7-12/h10,14H,3-9,12H2,1-2H3. The Bertz CT molecular complexity index is 188. The molecule has 0 aromatic heterocycles. The number of carbonyl (C=O) groups is 1. The molecule has 0 aromatic carbocycles. The zero-order chi connectivity index (χ0) is 12.4. The van der Waals surface area contributed by atoms with Crippen molar-refractivity contribution in [1.82, 2.24) is 4.90 Å². The molecule has 0 bridgehead atoms. The Balaban J connectivity index is 3.64. The molecule has 0 heterocycles. The molecule has 0 rings (SSSR count). The predicted octanol–water partition coefficient (Wildman–Crippen LogP) is -0.0288. The van der Waals surface area contributed by atoms with Crippen LogP contribution in [0.5, 0.6) is 0 Å². The SMILES string of the molecule is COCC(O)CN(C)C(=O)CCCCCN. The van der Waals surface area contributed by atoms with Crippen molar-refractivity contribution in [1.29, 1.82) is 0 Å². The lowest BCUT2D eigenvalue weighted by molar-refractivity contribution is -0.131. The minimum Gasteiger partial charge on any atom is -0.389 e. The Morgan fingerprint density at radius 1 is 1.44 bits per heavy atom. The number of aliphatic hydroxyl groups is 1. The fourth-order valence-electron chi connectivity index (χ4n) is 1.45. The molecular weight excluding hydrogens is 208 g/mol. The van der Waals surface area contributed by atoms with Crippen LogP contribution in [0.2, 0.25) is 0 Å². The van der Waals surface area contributed by atoms with E-state index in [-0.39, 0.29) is 12.5 Å². The maximum absolute atomic E-state index is 11.6. The van der Waals surface area contributed by atoms with Crippen LogP contribution in [0.4, 0.5) is 0 Å². The number of rotatable bonds is 9. The van der Waals surface area contributed by atoms with Crippen molar-refractivity contribution in [3.63, 3.8) is 0 Å². The van der Waals surface area contributed by atoms with Crippen LogP contribution < -0.4 is 5.73 Å². The van der Waals surface area contributed by atoms with Crippen LogP contribution in [-0.2, 0) is 9.53 Å². The maximum atomic E-state index is 11.6. The fraction of sp³-hybridized carbons (Fsp3) is 0.909. The van der Waals surface area contributed by atoms with Gasteiger partial charge < -0.3 is 20.5 Å². The summed E-state index contributed by atoms with van der Waals surface area (Å²) in [7, 11) is 3.22. The molecule has 0 radical (unpaired) electrons. The average Bonchev–Trinajstić information content (AvgIpc) is 2.24. The minimum absolute atomic E-state index is 0.0622. The number of ether oxygens (including phenoxy) is 1. The topological polar surface area (TPSA) is 75.8 Å². The molecule has 16 heavy (non-hydrogen) atoms. The van der Waals surface area contributed by atoms with Gasteiger partial charge in [-0.25, -0.2) is 0 Å². The third-order valence-corrected chi connectivity index (χ3v) is 2.36. The second-order valence-corrected chi connectivity index (χ2v) is 3.98. The summed E-state index contributed by atoms with van der Waals surface area (Å²) in [6, 6.07) is 0. The number of carbonyl (C=O) groups excluding carboxylic acids is 1. The van der Waals surface area contributed by atoms with Crippen molar-refractivity contribution in [3.8, 4) is 0 Å². The first-order valence-electron chi connectivity index (χ1n) is 5.72. The monoisotopic (exact) mass is 232 g/mol. The van der Waals surface area contributed by atoms with E-state index in [1.54, 1.807) is 11.9 Å². The van der Waals surface area contributed by atoms with Gasteiger partial charge in [0.05, 0.1) is 12.7 Å². The number of hydrogen-bond acceptors (Lipinski definition) is 4. The lowest BCUT2D eigenvalue weighted by Gasteiger charge is -2.20. The largest absolute Gasteiger partial charge is 0.389 e. The third kappa shape index (κ3) is 7.62. The molecule has 5 nitrogen and oxygen atoms in total. The first kappa shape index (κ1) is 15.3. The molecule has 5 heteroatoms. The van der Waals surface area contributed by atoms with E-state index in [9.17, 15) is 9.90 Å². The van der Waals surface area contributed by atoms with Crippen molar-refractivity contribution in [2.45, 2.75) is 31.8 Å². The normalized spacial score (nSPS) is 12.5. The number of likely N-dealkylation sites (N-methyl/N-ethyl adjacent to an activating group) is 1. The fourth-order valence-corrected chi connectivity index (χ4v) is 1.45. The molecule has 0 saturated carbocycles. The number of aliphatic hydroxyl groups excluding tert-OH is 1. The third-order valence-electron chi connectivity index (χ3n) is 2.36. The Hall–Kier alpha value is -0.650. The van der Waals surface area contributed by atoms with E-state index < -0.39 is 6.10 Å². The summed E-state index contributed by atoms with van der Waals surface area (Å²) < 4.78 is 4.80. The smallest absolute Gasteiger partial charge is 0.222 e. The summed E-state index contributed by atoms with van der Waals surface area (Å²) in [6.07, 6.45) is 2.72. The number of hydrogen-bond donors (Lipinski definition) is 2. The van der Waals surface area contributed by atoms with Crippen molar-refractivity contribution >= 4 is 5.91 Å². The summed E-state index contributed by atoms with van der Waals surface area (Å²) in [5.41, 5.74) is 5.36. The highest BCUT2D eigenvalue weighted by atomic mass is 16.5. The van der Waals surface area contributed by atoms with E-state index in [0.29, 0.717) is 19.5 Å². The van der Waals surface area contributed by atoms with Gasteiger partial charge in [0.15, 0.2) is 0 Å². The molecule has 0 spiro atoms. The molecule has 96 valence electrons. The zero-order valence-electron chi connectivity index (χ0n) is 10.3. The van der Waals surface area contributed by atoms with E-state index >= 15 is 0 Å². The van der Waals surface area contributed by atoms with Crippen molar-refractivity contribution in [2.24, 2.45) is 5.73 Å². The summed E-state index contributed by atoms with van der Waals surface area (Å²) in [4.78, 5) is 13.1. The molecule has 0 fully saturated rings. The van der Waals surface area contributed by atoms with Gasteiger partial charge in [-0.1, -0.05) is 6.42 Å². The Kier molecular flexibility index (Phi) is 9.18. The van der Waals surface area contributed by atoms with Crippen LogP contribution in [0.25, 0.3) is 0 Å². The van der Waals surface area contributed by atoms with Crippen LogP contribution in [0.15, 0.2) is 0 Å². The highest BCUT2D eigenvalue weighted by molar-refractivity contribution is 5.75. The highest BCUT2D eigenvalue weighted by Gasteiger charge is 2.12. The number of unbranched alkanes of at least 4 members (excludes halogenated alkanes) is 2. The van der Waals surface area contributed by atoms with E-state index in [1.165, 1.54) is 7.11 Å². The molecule has 1 amide bonds. The molecule has 0 saturated heterocycles. The van der Waals surface area contributed by atoms with E-state index in [4.69, 9.17) is 10.5 Å². The van der Waals surface area contributed by atoms with Crippen molar-refractivity contribution in [3.05, 3.63) is 0 Å². The number of nitrogens with zero attached hydrogens (tertiary/aromatic N) is 1. The molecular formula is C11H24N2O3. The molecule has 3 N–H and O–H groups in total. The number of methoxy groups -OCH3 is 1. The van der Waals surface area contributed by atoms with Gasteiger partial charge in [0.2, 0.25) is 5.91 Å². The van der Waals surface area contributed by atoms with Crippen LogP contribution >= 0.6 is 0 Å². The van der Waals surface area contributed by atoms with Gasteiger partial charge >= 0.3 is 0 Å². The van der Waals surface area contributed by atoms with Crippen molar-refractivity contribution in [2.75, 3.05) is 33.9 Å². The lowest BCUT2D eigenvalue weighted by atomic mass is 10.2. The van der Waals surface area contributed by atoms with Gasteiger partial charge in [0.1, 0.15) is 0 Å². The molecule has 1 atom stereocenters. The second-order valence-electron chi connectivity index (χ2n) is 3.98.